The molecule has 4 nitrogen and oxygen atoms in total. The predicted molar refractivity (Wildman–Crippen MR) is 92.5 cm³/mol. The number of hydrogen-bond acceptors (Lipinski definition) is 4. The molecule has 0 aromatic heterocycles. The first-order valence-corrected chi connectivity index (χ1v) is 8.31. The van der Waals surface area contributed by atoms with Gasteiger partial charge in [-0.1, -0.05) is 30.3 Å². The molecule has 0 heterocycles. The molecule has 0 radical (unpaired) electrons. The van der Waals surface area contributed by atoms with Crippen LogP contribution in [0, 0.1) is 5.41 Å². The smallest absolute Gasteiger partial charge is 0.405 e. The van der Waals surface area contributed by atoms with Crippen molar-refractivity contribution in [3.63, 3.8) is 0 Å². The van der Waals surface area contributed by atoms with Crippen LogP contribution < -0.4 is 5.32 Å². The van der Waals surface area contributed by atoms with E-state index in [2.05, 4.69) is 5.32 Å². The van der Waals surface area contributed by atoms with Crippen LogP contribution >= 0.6 is 0 Å². The summed E-state index contributed by atoms with van der Waals surface area (Å²) in [6.07, 6.45) is -4.83. The Morgan fingerprint density at radius 1 is 1.04 bits per heavy atom. The monoisotopic (exact) mass is 373 g/mol. The fourth-order valence-corrected chi connectivity index (χ4v) is 2.53. The zero-order valence-corrected chi connectivity index (χ0v) is 15.9. The maximum absolute atomic E-state index is 13.8. The zero-order valence-electron chi connectivity index (χ0n) is 15.9. The molecule has 1 aromatic carbocycles. The minimum Gasteiger partial charge on any atom is -0.459 e. The normalized spacial score (nSPS) is 17.1. The minimum absolute atomic E-state index is 0.608. The number of nitrogens with one attached hydrogen (secondary N) is 1. The molecule has 1 rings (SSSR count). The number of hydrogen-bond donors (Lipinski definition) is 1. The molecular weight excluding hydrogens is 347 g/mol. The second-order valence-corrected chi connectivity index (χ2v) is 7.53. The van der Waals surface area contributed by atoms with Crippen molar-refractivity contribution in [2.45, 2.75) is 65.4 Å². The quantitative estimate of drug-likeness (QED) is 0.600. The summed E-state index contributed by atoms with van der Waals surface area (Å²) >= 11 is 0. The van der Waals surface area contributed by atoms with Crippen LogP contribution in [0.4, 0.5) is 13.2 Å². The first-order valence-electron chi connectivity index (χ1n) is 8.31. The van der Waals surface area contributed by atoms with Crippen molar-refractivity contribution < 1.29 is 27.5 Å². The fraction of sp³-hybridized carbons (Fsp3) is 0.579. The van der Waals surface area contributed by atoms with E-state index >= 15 is 0 Å². The summed E-state index contributed by atoms with van der Waals surface area (Å²) in [5.41, 5.74) is -2.82. The maximum atomic E-state index is 13.8. The molecule has 0 aliphatic carbocycles. The lowest BCUT2D eigenvalue weighted by Crippen LogP contribution is -2.61. The zero-order chi connectivity index (χ0) is 20.3. The lowest BCUT2D eigenvalue weighted by atomic mass is 9.77. The van der Waals surface area contributed by atoms with E-state index in [0.717, 1.165) is 13.8 Å². The van der Waals surface area contributed by atoms with Crippen molar-refractivity contribution >= 4 is 11.8 Å². The Kier molecular flexibility index (Phi) is 6.63. The average Bonchev–Trinajstić information content (AvgIpc) is 2.49. The molecule has 0 saturated carbocycles. The van der Waals surface area contributed by atoms with Crippen LogP contribution in [0.3, 0.4) is 0 Å². The minimum atomic E-state index is -4.83. The molecule has 0 fully saturated rings. The van der Waals surface area contributed by atoms with Gasteiger partial charge in [-0.3, -0.25) is 14.9 Å². The molecule has 0 aliphatic rings. The summed E-state index contributed by atoms with van der Waals surface area (Å²) in [4.78, 5) is 24.7. The molecule has 1 N–H and O–H groups in total. The van der Waals surface area contributed by atoms with Crippen molar-refractivity contribution in [1.82, 2.24) is 5.32 Å². The number of carbonyl (C=O) groups excluding carboxylic acids is 2. The molecule has 7 heteroatoms. The Bertz CT molecular complexity index is 638. The van der Waals surface area contributed by atoms with E-state index in [1.54, 1.807) is 37.3 Å². The van der Waals surface area contributed by atoms with E-state index in [-0.39, 0.29) is 0 Å². The van der Waals surface area contributed by atoms with Gasteiger partial charge in [0.15, 0.2) is 0 Å². The Morgan fingerprint density at radius 3 is 1.92 bits per heavy atom. The van der Waals surface area contributed by atoms with E-state index < -0.39 is 41.0 Å². The van der Waals surface area contributed by atoms with Gasteiger partial charge in [-0.2, -0.15) is 13.2 Å². The third-order valence-electron chi connectivity index (χ3n) is 4.18. The van der Waals surface area contributed by atoms with Gasteiger partial charge < -0.3 is 4.74 Å². The van der Waals surface area contributed by atoms with E-state index in [1.165, 1.54) is 20.8 Å². The maximum Gasteiger partial charge on any atom is 0.405 e. The van der Waals surface area contributed by atoms with Crippen molar-refractivity contribution in [1.29, 1.82) is 0 Å². The van der Waals surface area contributed by atoms with Crippen LogP contribution in [-0.4, -0.2) is 29.6 Å². The standard InChI is InChI=1S/C19H26F3NO3/c1-12(14-10-8-7-9-11-14)23-15(19(20,21)22)18(6,13(2)24)16(25)26-17(3,4)5/h7-12,15,23H,1-6H3/t12-,15-,18-/m1/s1. The second-order valence-electron chi connectivity index (χ2n) is 7.53. The summed E-state index contributed by atoms with van der Waals surface area (Å²) < 4.78 is 46.6. The number of alkyl halides is 3. The number of carbonyl (C=O) groups is 2. The van der Waals surface area contributed by atoms with E-state index in [0.29, 0.717) is 5.56 Å². The van der Waals surface area contributed by atoms with Crippen molar-refractivity contribution in [3.05, 3.63) is 35.9 Å². The highest BCUT2D eigenvalue weighted by molar-refractivity contribution is 6.03. The third kappa shape index (κ3) is 5.30. The summed E-state index contributed by atoms with van der Waals surface area (Å²) in [6, 6.07) is 5.37. The molecule has 1 aromatic rings. The first-order chi connectivity index (χ1) is 11.7. The molecule has 26 heavy (non-hydrogen) atoms. The highest BCUT2D eigenvalue weighted by Gasteiger charge is 2.59. The van der Waals surface area contributed by atoms with Crippen LogP contribution in [0.25, 0.3) is 0 Å². The summed E-state index contributed by atoms with van der Waals surface area (Å²) in [5.74, 6) is -2.12. The summed E-state index contributed by atoms with van der Waals surface area (Å²) in [5, 5.41) is 2.42. The van der Waals surface area contributed by atoms with Gasteiger partial charge >= 0.3 is 12.1 Å². The number of halogens is 3. The van der Waals surface area contributed by atoms with Crippen LogP contribution in [-0.2, 0) is 14.3 Å². The molecule has 0 unspecified atom stereocenters. The van der Waals surface area contributed by atoms with Gasteiger partial charge in [-0.15, -0.1) is 0 Å². The van der Waals surface area contributed by atoms with Gasteiger partial charge in [-0.25, -0.2) is 0 Å². The number of ether oxygens (including phenoxy) is 1. The average molecular weight is 373 g/mol. The molecular formula is C19H26F3NO3. The Morgan fingerprint density at radius 2 is 1.54 bits per heavy atom. The summed E-state index contributed by atoms with van der Waals surface area (Å²) in [6.45, 7) is 8.10. The highest BCUT2D eigenvalue weighted by Crippen LogP contribution is 2.38. The van der Waals surface area contributed by atoms with Gasteiger partial charge in [0.1, 0.15) is 22.8 Å². The summed E-state index contributed by atoms with van der Waals surface area (Å²) in [7, 11) is 0. The molecule has 0 aliphatic heterocycles. The van der Waals surface area contributed by atoms with Crippen molar-refractivity contribution in [2.75, 3.05) is 0 Å². The fourth-order valence-electron chi connectivity index (χ4n) is 2.53. The van der Waals surface area contributed by atoms with Gasteiger partial charge in [-0.05, 0) is 47.1 Å². The first kappa shape index (κ1) is 22.2. The van der Waals surface area contributed by atoms with Crippen LogP contribution in [0.5, 0.6) is 0 Å². The largest absolute Gasteiger partial charge is 0.459 e. The topological polar surface area (TPSA) is 55.4 Å². The Hall–Kier alpha value is -1.89. The number of benzene rings is 1. The Balaban J connectivity index is 3.30. The third-order valence-corrected chi connectivity index (χ3v) is 4.18. The molecule has 0 amide bonds. The number of ketones is 1. The molecule has 0 bridgehead atoms. The van der Waals surface area contributed by atoms with Crippen LogP contribution in [0.15, 0.2) is 30.3 Å². The SMILES string of the molecule is CC(=O)[C@@](C)(C(=O)OC(C)(C)C)[C@@H](N[C@H](C)c1ccccc1)C(F)(F)F. The molecule has 146 valence electrons. The van der Waals surface area contributed by atoms with Gasteiger partial charge in [0.05, 0.1) is 0 Å². The lowest BCUT2D eigenvalue weighted by Gasteiger charge is -2.38. The van der Waals surface area contributed by atoms with Gasteiger partial charge in [0.2, 0.25) is 0 Å². The van der Waals surface area contributed by atoms with Crippen molar-refractivity contribution in [3.8, 4) is 0 Å². The van der Waals surface area contributed by atoms with E-state index in [9.17, 15) is 22.8 Å². The predicted octanol–water partition coefficient (Wildman–Crippen LogP) is 4.21. The van der Waals surface area contributed by atoms with E-state index in [4.69, 9.17) is 4.74 Å². The number of Topliss-reactive ketones (excluding diaryl/α,β-unsaturated/α-hetero) is 1. The van der Waals surface area contributed by atoms with Crippen LogP contribution in [0.2, 0.25) is 0 Å². The molecule has 3 atom stereocenters. The highest BCUT2D eigenvalue weighted by atomic mass is 19.4. The number of esters is 1. The van der Waals surface area contributed by atoms with E-state index in [1.807, 2.05) is 0 Å². The Labute approximate surface area is 152 Å². The van der Waals surface area contributed by atoms with Gasteiger partial charge in [0, 0.05) is 6.04 Å². The molecule has 0 saturated heterocycles. The molecule has 0 spiro atoms. The van der Waals surface area contributed by atoms with Crippen molar-refractivity contribution in [2.24, 2.45) is 5.41 Å². The number of rotatable bonds is 6. The second kappa shape index (κ2) is 7.78. The van der Waals surface area contributed by atoms with Crippen LogP contribution in [0.1, 0.15) is 53.1 Å². The van der Waals surface area contributed by atoms with Gasteiger partial charge in [0.25, 0.3) is 0 Å². The lowest BCUT2D eigenvalue weighted by molar-refractivity contribution is -0.204.